The van der Waals surface area contributed by atoms with Crippen LogP contribution in [-0.4, -0.2) is 7.05 Å². The number of hydrogen-bond acceptors (Lipinski definition) is 2. The SMILES string of the molecule is CCc1ccc(COc2c(F)cccc2CNC)cc1. The van der Waals surface area contributed by atoms with Crippen LogP contribution in [0.4, 0.5) is 4.39 Å². The lowest BCUT2D eigenvalue weighted by Crippen LogP contribution is -2.08. The number of benzene rings is 2. The van der Waals surface area contributed by atoms with Crippen LogP contribution in [0.3, 0.4) is 0 Å². The Morgan fingerprint density at radius 3 is 2.40 bits per heavy atom. The Labute approximate surface area is 119 Å². The van der Waals surface area contributed by atoms with Crippen molar-refractivity contribution in [2.75, 3.05) is 7.05 Å². The minimum Gasteiger partial charge on any atom is -0.485 e. The molecule has 0 spiro atoms. The maximum Gasteiger partial charge on any atom is 0.165 e. The van der Waals surface area contributed by atoms with Gasteiger partial charge in [0, 0.05) is 12.1 Å². The lowest BCUT2D eigenvalue weighted by atomic mass is 10.1. The Morgan fingerprint density at radius 1 is 1.05 bits per heavy atom. The van der Waals surface area contributed by atoms with E-state index in [4.69, 9.17) is 4.74 Å². The summed E-state index contributed by atoms with van der Waals surface area (Å²) in [6, 6.07) is 13.2. The molecule has 106 valence electrons. The number of hydrogen-bond donors (Lipinski definition) is 1. The van der Waals surface area contributed by atoms with Crippen molar-refractivity contribution in [2.24, 2.45) is 0 Å². The summed E-state index contributed by atoms with van der Waals surface area (Å²) in [6.45, 7) is 3.08. The van der Waals surface area contributed by atoms with Crippen LogP contribution >= 0.6 is 0 Å². The largest absolute Gasteiger partial charge is 0.485 e. The van der Waals surface area contributed by atoms with Gasteiger partial charge in [0.25, 0.3) is 0 Å². The lowest BCUT2D eigenvalue weighted by Gasteiger charge is -2.12. The quantitative estimate of drug-likeness (QED) is 0.866. The highest BCUT2D eigenvalue weighted by molar-refractivity contribution is 5.35. The van der Waals surface area contributed by atoms with Gasteiger partial charge in [-0.1, -0.05) is 43.3 Å². The molecule has 20 heavy (non-hydrogen) atoms. The van der Waals surface area contributed by atoms with E-state index in [2.05, 4.69) is 24.4 Å². The molecule has 2 nitrogen and oxygen atoms in total. The summed E-state index contributed by atoms with van der Waals surface area (Å²) < 4.78 is 19.5. The van der Waals surface area contributed by atoms with Crippen LogP contribution in [0.25, 0.3) is 0 Å². The van der Waals surface area contributed by atoms with Crippen molar-refractivity contribution < 1.29 is 9.13 Å². The molecule has 2 rings (SSSR count). The molecule has 0 radical (unpaired) electrons. The van der Waals surface area contributed by atoms with E-state index in [0.717, 1.165) is 17.5 Å². The zero-order valence-electron chi connectivity index (χ0n) is 11.9. The highest BCUT2D eigenvalue weighted by atomic mass is 19.1. The number of ether oxygens (including phenoxy) is 1. The second kappa shape index (κ2) is 7.06. The maximum atomic E-state index is 13.8. The van der Waals surface area contributed by atoms with Crippen LogP contribution in [0.15, 0.2) is 42.5 Å². The second-order valence-corrected chi connectivity index (χ2v) is 4.72. The lowest BCUT2D eigenvalue weighted by molar-refractivity contribution is 0.286. The Balaban J connectivity index is 2.09. The molecule has 0 aliphatic rings. The van der Waals surface area contributed by atoms with E-state index < -0.39 is 0 Å². The van der Waals surface area contributed by atoms with E-state index in [9.17, 15) is 4.39 Å². The Kier molecular flexibility index (Phi) is 5.13. The average molecular weight is 273 g/mol. The minimum atomic E-state index is -0.317. The molecule has 2 aromatic carbocycles. The number of nitrogens with one attached hydrogen (secondary N) is 1. The van der Waals surface area contributed by atoms with Crippen LogP contribution in [0.5, 0.6) is 5.75 Å². The first-order valence-corrected chi connectivity index (χ1v) is 6.87. The molecular weight excluding hydrogens is 253 g/mol. The zero-order chi connectivity index (χ0) is 14.4. The molecule has 2 aromatic rings. The summed E-state index contributed by atoms with van der Waals surface area (Å²) in [5.41, 5.74) is 3.16. The molecule has 0 bridgehead atoms. The summed E-state index contributed by atoms with van der Waals surface area (Å²) >= 11 is 0. The molecule has 0 amide bonds. The monoisotopic (exact) mass is 273 g/mol. The van der Waals surface area contributed by atoms with Crippen LogP contribution in [0, 0.1) is 5.82 Å². The van der Waals surface area contributed by atoms with Crippen LogP contribution in [-0.2, 0) is 19.6 Å². The van der Waals surface area contributed by atoms with Crippen molar-refractivity contribution in [3.05, 3.63) is 65.0 Å². The highest BCUT2D eigenvalue weighted by Crippen LogP contribution is 2.23. The third-order valence-electron chi connectivity index (χ3n) is 3.23. The molecule has 1 N–H and O–H groups in total. The fourth-order valence-corrected chi connectivity index (χ4v) is 2.07. The third kappa shape index (κ3) is 3.58. The molecule has 3 heteroatoms. The van der Waals surface area contributed by atoms with E-state index >= 15 is 0 Å². The molecule has 0 aliphatic carbocycles. The fourth-order valence-electron chi connectivity index (χ4n) is 2.07. The first-order chi connectivity index (χ1) is 9.74. The van der Waals surface area contributed by atoms with Crippen molar-refractivity contribution in [3.8, 4) is 5.75 Å². The zero-order valence-corrected chi connectivity index (χ0v) is 11.9. The van der Waals surface area contributed by atoms with Crippen molar-refractivity contribution in [1.82, 2.24) is 5.32 Å². The molecule has 0 saturated heterocycles. The summed E-state index contributed by atoms with van der Waals surface area (Å²) in [5, 5.41) is 3.02. The maximum absolute atomic E-state index is 13.8. The number of aryl methyl sites for hydroxylation is 1. The van der Waals surface area contributed by atoms with Gasteiger partial charge in [0.1, 0.15) is 6.61 Å². The predicted octanol–water partition coefficient (Wildman–Crippen LogP) is 3.69. The van der Waals surface area contributed by atoms with Crippen molar-refractivity contribution >= 4 is 0 Å². The van der Waals surface area contributed by atoms with Crippen molar-refractivity contribution in [1.29, 1.82) is 0 Å². The molecule has 0 heterocycles. The van der Waals surface area contributed by atoms with Crippen LogP contribution in [0.1, 0.15) is 23.6 Å². The van der Waals surface area contributed by atoms with Gasteiger partial charge in [0.15, 0.2) is 11.6 Å². The molecule has 0 aromatic heterocycles. The van der Waals surface area contributed by atoms with Gasteiger partial charge in [0.05, 0.1) is 0 Å². The number of rotatable bonds is 6. The minimum absolute atomic E-state index is 0.317. The Bertz CT molecular complexity index is 551. The van der Waals surface area contributed by atoms with Gasteiger partial charge in [-0.25, -0.2) is 4.39 Å². The van der Waals surface area contributed by atoms with Crippen LogP contribution in [0.2, 0.25) is 0 Å². The summed E-state index contributed by atoms with van der Waals surface area (Å²) in [4.78, 5) is 0. The normalized spacial score (nSPS) is 10.6. The standard InChI is InChI=1S/C17H20FNO/c1-3-13-7-9-14(10-8-13)12-20-17-15(11-19-2)5-4-6-16(17)18/h4-10,19H,3,11-12H2,1-2H3. The average Bonchev–Trinajstić information content (AvgIpc) is 2.47. The third-order valence-corrected chi connectivity index (χ3v) is 3.23. The van der Waals surface area contributed by atoms with E-state index in [-0.39, 0.29) is 5.82 Å². The van der Waals surface area contributed by atoms with E-state index in [0.29, 0.717) is 18.9 Å². The van der Waals surface area contributed by atoms with Gasteiger partial charge in [-0.2, -0.15) is 0 Å². The van der Waals surface area contributed by atoms with E-state index in [1.807, 2.05) is 25.2 Å². The molecule has 0 saturated carbocycles. The summed E-state index contributed by atoms with van der Waals surface area (Å²) in [5.74, 6) is 0.0179. The number of para-hydroxylation sites is 1. The fraction of sp³-hybridized carbons (Fsp3) is 0.294. The molecule has 0 unspecified atom stereocenters. The van der Waals surface area contributed by atoms with Gasteiger partial charge in [0.2, 0.25) is 0 Å². The van der Waals surface area contributed by atoms with Gasteiger partial charge in [-0.15, -0.1) is 0 Å². The Hall–Kier alpha value is -1.87. The topological polar surface area (TPSA) is 21.3 Å². The van der Waals surface area contributed by atoms with Gasteiger partial charge in [-0.3, -0.25) is 0 Å². The Morgan fingerprint density at radius 2 is 1.75 bits per heavy atom. The van der Waals surface area contributed by atoms with Gasteiger partial charge >= 0.3 is 0 Å². The predicted molar refractivity (Wildman–Crippen MR) is 79.3 cm³/mol. The van der Waals surface area contributed by atoms with Gasteiger partial charge < -0.3 is 10.1 Å². The van der Waals surface area contributed by atoms with Crippen LogP contribution < -0.4 is 10.1 Å². The first-order valence-electron chi connectivity index (χ1n) is 6.87. The first kappa shape index (κ1) is 14.5. The molecule has 0 atom stereocenters. The summed E-state index contributed by atoms with van der Waals surface area (Å²) in [6.07, 6.45) is 1.01. The molecule has 0 aliphatic heterocycles. The highest BCUT2D eigenvalue weighted by Gasteiger charge is 2.09. The van der Waals surface area contributed by atoms with Gasteiger partial charge in [-0.05, 0) is 30.7 Å². The molecule has 0 fully saturated rings. The van der Waals surface area contributed by atoms with E-state index in [1.54, 1.807) is 6.07 Å². The second-order valence-electron chi connectivity index (χ2n) is 4.72. The number of halogens is 1. The summed E-state index contributed by atoms with van der Waals surface area (Å²) in [7, 11) is 1.83. The van der Waals surface area contributed by atoms with Crippen molar-refractivity contribution in [3.63, 3.8) is 0 Å². The molecular formula is C17H20FNO. The van der Waals surface area contributed by atoms with E-state index in [1.165, 1.54) is 11.6 Å². The smallest absolute Gasteiger partial charge is 0.165 e. The van der Waals surface area contributed by atoms with Crippen molar-refractivity contribution in [2.45, 2.75) is 26.5 Å².